The molecule has 0 saturated heterocycles. The van der Waals surface area contributed by atoms with Gasteiger partial charge in [-0.05, 0) is 38.8 Å². The number of nitrogens with zero attached hydrogens (tertiary/aromatic N) is 4. The lowest BCUT2D eigenvalue weighted by Crippen LogP contribution is -2.30. The zero-order valence-corrected chi connectivity index (χ0v) is 16.9. The van der Waals surface area contributed by atoms with E-state index in [1.165, 1.54) is 12.4 Å². The molecule has 0 fully saturated rings. The lowest BCUT2D eigenvalue weighted by molar-refractivity contribution is -0.131. The number of hydrogen-bond donors (Lipinski definition) is 1. The fourth-order valence-corrected chi connectivity index (χ4v) is 3.51. The first-order valence-electron chi connectivity index (χ1n) is 9.35. The predicted molar refractivity (Wildman–Crippen MR) is 107 cm³/mol. The Hall–Kier alpha value is -3.29. The summed E-state index contributed by atoms with van der Waals surface area (Å²) in [4.78, 5) is 34.3. The number of fused-ring (bicyclic) bond motifs is 1. The number of carbonyl (C=O) groups excluding carboxylic acids is 2. The normalized spacial score (nSPS) is 12.2. The summed E-state index contributed by atoms with van der Waals surface area (Å²) in [5, 5.41) is 0. The summed E-state index contributed by atoms with van der Waals surface area (Å²) in [5.74, 6) is -1.06. The van der Waals surface area contributed by atoms with E-state index in [1.807, 2.05) is 13.8 Å². The SMILES string of the molecule is Cc1nc2c(C(N)=O)ncn2c(C)c1CCC(=O)N(C)[C@@H](C)c1ccccc1F. The molecule has 2 aromatic heterocycles. The monoisotopic (exact) mass is 397 g/mol. The molecule has 0 aliphatic rings. The predicted octanol–water partition coefficient (Wildman–Crippen LogP) is 2.74. The highest BCUT2D eigenvalue weighted by molar-refractivity contribution is 5.96. The molecule has 29 heavy (non-hydrogen) atoms. The lowest BCUT2D eigenvalue weighted by atomic mass is 10.0. The molecule has 0 aliphatic heterocycles. The molecule has 2 amide bonds. The Bertz CT molecular complexity index is 1090. The first-order valence-corrected chi connectivity index (χ1v) is 9.35. The van der Waals surface area contributed by atoms with Crippen LogP contribution in [0.4, 0.5) is 4.39 Å². The van der Waals surface area contributed by atoms with Gasteiger partial charge in [-0.1, -0.05) is 18.2 Å². The van der Waals surface area contributed by atoms with Gasteiger partial charge in [0.1, 0.15) is 12.1 Å². The molecule has 0 unspecified atom stereocenters. The molecule has 152 valence electrons. The number of benzene rings is 1. The van der Waals surface area contributed by atoms with E-state index in [4.69, 9.17) is 5.73 Å². The van der Waals surface area contributed by atoms with E-state index in [2.05, 4.69) is 9.97 Å². The van der Waals surface area contributed by atoms with E-state index in [1.54, 1.807) is 41.5 Å². The van der Waals surface area contributed by atoms with Crippen LogP contribution in [-0.2, 0) is 11.2 Å². The number of rotatable bonds is 6. The van der Waals surface area contributed by atoms with Crippen molar-refractivity contribution < 1.29 is 14.0 Å². The number of halogens is 1. The van der Waals surface area contributed by atoms with E-state index in [0.29, 0.717) is 17.6 Å². The highest BCUT2D eigenvalue weighted by Gasteiger charge is 2.21. The van der Waals surface area contributed by atoms with Crippen molar-refractivity contribution in [2.24, 2.45) is 5.73 Å². The smallest absolute Gasteiger partial charge is 0.271 e. The minimum Gasteiger partial charge on any atom is -0.364 e. The van der Waals surface area contributed by atoms with Gasteiger partial charge < -0.3 is 10.6 Å². The number of aromatic nitrogens is 3. The Labute approximate surface area is 168 Å². The summed E-state index contributed by atoms with van der Waals surface area (Å²) in [5.41, 5.74) is 8.84. The molecule has 1 atom stereocenters. The zero-order valence-electron chi connectivity index (χ0n) is 16.9. The van der Waals surface area contributed by atoms with Gasteiger partial charge >= 0.3 is 0 Å². The summed E-state index contributed by atoms with van der Waals surface area (Å²) in [6, 6.07) is 6.08. The first-order chi connectivity index (χ1) is 13.7. The van der Waals surface area contributed by atoms with Crippen LogP contribution in [0.3, 0.4) is 0 Å². The zero-order chi connectivity index (χ0) is 21.3. The second-order valence-corrected chi connectivity index (χ2v) is 7.11. The second-order valence-electron chi connectivity index (χ2n) is 7.11. The Morgan fingerprint density at radius 2 is 1.97 bits per heavy atom. The number of nitrogens with two attached hydrogens (primary N) is 1. The van der Waals surface area contributed by atoms with Gasteiger partial charge in [0.05, 0.1) is 6.04 Å². The van der Waals surface area contributed by atoms with Crippen LogP contribution >= 0.6 is 0 Å². The van der Waals surface area contributed by atoms with Crippen LogP contribution < -0.4 is 5.73 Å². The van der Waals surface area contributed by atoms with Crippen molar-refractivity contribution in [2.75, 3.05) is 7.05 Å². The molecule has 0 bridgehead atoms. The van der Waals surface area contributed by atoms with Crippen LogP contribution in [0.15, 0.2) is 30.6 Å². The number of primary amides is 1. The van der Waals surface area contributed by atoms with Gasteiger partial charge in [-0.25, -0.2) is 14.4 Å². The summed E-state index contributed by atoms with van der Waals surface area (Å²) >= 11 is 0. The molecular weight excluding hydrogens is 373 g/mol. The summed E-state index contributed by atoms with van der Waals surface area (Å²) in [6.45, 7) is 5.52. The van der Waals surface area contributed by atoms with Gasteiger partial charge in [0, 0.05) is 30.4 Å². The minimum atomic E-state index is -0.634. The van der Waals surface area contributed by atoms with E-state index >= 15 is 0 Å². The summed E-state index contributed by atoms with van der Waals surface area (Å²) in [6.07, 6.45) is 2.23. The van der Waals surface area contributed by atoms with Gasteiger partial charge in [-0.15, -0.1) is 0 Å². The van der Waals surface area contributed by atoms with Gasteiger partial charge in [-0.3, -0.25) is 14.0 Å². The molecule has 8 heteroatoms. The van der Waals surface area contributed by atoms with Crippen molar-refractivity contribution >= 4 is 17.5 Å². The van der Waals surface area contributed by atoms with Crippen molar-refractivity contribution in [3.63, 3.8) is 0 Å². The Morgan fingerprint density at radius 3 is 2.62 bits per heavy atom. The Balaban J connectivity index is 1.79. The van der Waals surface area contributed by atoms with Crippen molar-refractivity contribution in [3.8, 4) is 0 Å². The Morgan fingerprint density at radius 1 is 1.28 bits per heavy atom. The number of aryl methyl sites for hydroxylation is 2. The average molecular weight is 397 g/mol. The largest absolute Gasteiger partial charge is 0.364 e. The van der Waals surface area contributed by atoms with Crippen LogP contribution in [0.2, 0.25) is 0 Å². The third kappa shape index (κ3) is 3.83. The molecule has 0 aliphatic carbocycles. The molecule has 2 heterocycles. The molecule has 7 nitrogen and oxygen atoms in total. The molecule has 0 saturated carbocycles. The maximum atomic E-state index is 14.0. The molecule has 1 aromatic carbocycles. The van der Waals surface area contributed by atoms with Crippen LogP contribution in [0.5, 0.6) is 0 Å². The van der Waals surface area contributed by atoms with E-state index in [9.17, 15) is 14.0 Å². The molecule has 2 N–H and O–H groups in total. The van der Waals surface area contributed by atoms with Gasteiger partial charge in [-0.2, -0.15) is 0 Å². The standard InChI is InChI=1S/C21H24FN5O2/c1-12-15(14(3)27-11-24-19(20(23)29)21(27)25-12)9-10-18(28)26(4)13(2)16-7-5-6-8-17(16)22/h5-8,11,13H,9-10H2,1-4H3,(H2,23,29)/t13-/m0/s1. The van der Waals surface area contributed by atoms with Crippen LogP contribution in [0.1, 0.15) is 52.4 Å². The van der Waals surface area contributed by atoms with Gasteiger partial charge in [0.15, 0.2) is 11.3 Å². The first kappa shape index (κ1) is 20.4. The van der Waals surface area contributed by atoms with Crippen LogP contribution in [0, 0.1) is 19.7 Å². The topological polar surface area (TPSA) is 93.6 Å². The maximum absolute atomic E-state index is 14.0. The third-order valence-electron chi connectivity index (χ3n) is 5.40. The molecule has 0 spiro atoms. The molecule has 3 rings (SSSR count). The van der Waals surface area contributed by atoms with E-state index < -0.39 is 5.91 Å². The Kier molecular flexibility index (Phi) is 5.63. The van der Waals surface area contributed by atoms with Crippen molar-refractivity contribution in [1.29, 1.82) is 0 Å². The third-order valence-corrected chi connectivity index (χ3v) is 5.40. The van der Waals surface area contributed by atoms with E-state index in [0.717, 1.165) is 17.0 Å². The number of imidazole rings is 1. The molecule has 3 aromatic rings. The minimum absolute atomic E-state index is 0.0943. The summed E-state index contributed by atoms with van der Waals surface area (Å²) in [7, 11) is 1.68. The second kappa shape index (κ2) is 7.98. The molecular formula is C21H24FN5O2. The number of amides is 2. The fraction of sp³-hybridized carbons (Fsp3) is 0.333. The van der Waals surface area contributed by atoms with Crippen molar-refractivity contribution in [2.45, 2.75) is 39.7 Å². The summed E-state index contributed by atoms with van der Waals surface area (Å²) < 4.78 is 15.7. The number of carbonyl (C=O) groups is 2. The fourth-order valence-electron chi connectivity index (χ4n) is 3.51. The quantitative estimate of drug-likeness (QED) is 0.692. The molecule has 0 radical (unpaired) electrons. The lowest BCUT2D eigenvalue weighted by Gasteiger charge is -2.26. The number of hydrogen-bond acceptors (Lipinski definition) is 4. The highest BCUT2D eigenvalue weighted by atomic mass is 19.1. The van der Waals surface area contributed by atoms with Crippen molar-refractivity contribution in [1.82, 2.24) is 19.3 Å². The van der Waals surface area contributed by atoms with Crippen molar-refractivity contribution in [3.05, 3.63) is 64.6 Å². The van der Waals surface area contributed by atoms with Gasteiger partial charge in [0.2, 0.25) is 5.91 Å². The van der Waals surface area contributed by atoms with Crippen LogP contribution in [-0.4, -0.2) is 38.1 Å². The average Bonchev–Trinajstić information content (AvgIpc) is 3.11. The van der Waals surface area contributed by atoms with Gasteiger partial charge in [0.25, 0.3) is 5.91 Å². The maximum Gasteiger partial charge on any atom is 0.271 e. The highest BCUT2D eigenvalue weighted by Crippen LogP contribution is 2.23. The van der Waals surface area contributed by atoms with Crippen LogP contribution in [0.25, 0.3) is 5.65 Å². The van der Waals surface area contributed by atoms with E-state index in [-0.39, 0.29) is 29.9 Å².